The summed E-state index contributed by atoms with van der Waals surface area (Å²) in [5.41, 5.74) is 1.29. The molecule has 0 fully saturated rings. The molecule has 1 N–H and O–H groups in total. The SMILES string of the molecule is COCCNCc1ccc(Br)cc1Sc1ccccc1Br. The van der Waals surface area contributed by atoms with Crippen molar-refractivity contribution in [2.45, 2.75) is 16.3 Å². The second-order valence-electron chi connectivity index (χ2n) is 4.45. The predicted octanol–water partition coefficient (Wildman–Crippen LogP) is 5.10. The summed E-state index contributed by atoms with van der Waals surface area (Å²) in [5.74, 6) is 0. The Morgan fingerprint density at radius 3 is 2.67 bits per heavy atom. The summed E-state index contributed by atoms with van der Waals surface area (Å²) in [6.07, 6.45) is 0. The highest BCUT2D eigenvalue weighted by atomic mass is 79.9. The van der Waals surface area contributed by atoms with Gasteiger partial charge in [0.1, 0.15) is 0 Å². The van der Waals surface area contributed by atoms with Gasteiger partial charge in [-0.25, -0.2) is 0 Å². The largest absolute Gasteiger partial charge is 0.383 e. The number of rotatable bonds is 7. The average molecular weight is 431 g/mol. The lowest BCUT2D eigenvalue weighted by Gasteiger charge is -2.12. The van der Waals surface area contributed by atoms with Gasteiger partial charge in [-0.3, -0.25) is 0 Å². The van der Waals surface area contributed by atoms with E-state index in [1.165, 1.54) is 15.4 Å². The van der Waals surface area contributed by atoms with E-state index in [0.29, 0.717) is 0 Å². The van der Waals surface area contributed by atoms with E-state index in [9.17, 15) is 0 Å². The molecule has 2 aromatic carbocycles. The highest BCUT2D eigenvalue weighted by Gasteiger charge is 2.07. The maximum Gasteiger partial charge on any atom is 0.0587 e. The van der Waals surface area contributed by atoms with E-state index in [1.54, 1.807) is 18.9 Å². The quantitative estimate of drug-likeness (QED) is 0.617. The normalized spacial score (nSPS) is 10.8. The zero-order valence-electron chi connectivity index (χ0n) is 11.7. The van der Waals surface area contributed by atoms with Gasteiger partial charge in [-0.1, -0.05) is 45.9 Å². The molecule has 0 saturated heterocycles. The van der Waals surface area contributed by atoms with Crippen LogP contribution < -0.4 is 5.32 Å². The second kappa shape index (κ2) is 8.96. The van der Waals surface area contributed by atoms with Crippen LogP contribution >= 0.6 is 43.6 Å². The third kappa shape index (κ3) is 5.42. The van der Waals surface area contributed by atoms with Gasteiger partial charge in [0, 0.05) is 38.9 Å². The Balaban J connectivity index is 2.13. The first-order valence-corrected chi connectivity index (χ1v) is 9.01. The number of benzene rings is 2. The topological polar surface area (TPSA) is 21.3 Å². The molecule has 0 saturated carbocycles. The van der Waals surface area contributed by atoms with Crippen molar-refractivity contribution in [1.29, 1.82) is 0 Å². The van der Waals surface area contributed by atoms with Gasteiger partial charge in [0.2, 0.25) is 0 Å². The molecule has 0 amide bonds. The van der Waals surface area contributed by atoms with Crippen molar-refractivity contribution in [3.8, 4) is 0 Å². The van der Waals surface area contributed by atoms with E-state index in [4.69, 9.17) is 4.74 Å². The maximum absolute atomic E-state index is 5.06. The standard InChI is InChI=1S/C16H17Br2NOS/c1-20-9-8-19-11-12-6-7-13(17)10-16(12)21-15-5-3-2-4-14(15)18/h2-7,10,19H,8-9,11H2,1H3. The van der Waals surface area contributed by atoms with Crippen LogP contribution in [0.5, 0.6) is 0 Å². The molecule has 0 heterocycles. The van der Waals surface area contributed by atoms with Crippen molar-refractivity contribution in [3.63, 3.8) is 0 Å². The Morgan fingerprint density at radius 2 is 1.90 bits per heavy atom. The first-order chi connectivity index (χ1) is 10.2. The number of nitrogens with one attached hydrogen (secondary N) is 1. The number of hydrogen-bond donors (Lipinski definition) is 1. The lowest BCUT2D eigenvalue weighted by Crippen LogP contribution is -2.18. The fourth-order valence-corrected chi connectivity index (χ4v) is 3.86. The molecule has 0 bridgehead atoms. The Morgan fingerprint density at radius 1 is 1.10 bits per heavy atom. The predicted molar refractivity (Wildman–Crippen MR) is 96.0 cm³/mol. The van der Waals surface area contributed by atoms with Gasteiger partial charge in [-0.05, 0) is 45.8 Å². The van der Waals surface area contributed by atoms with Gasteiger partial charge in [0.05, 0.1) is 6.61 Å². The van der Waals surface area contributed by atoms with Gasteiger partial charge in [-0.15, -0.1) is 0 Å². The molecule has 0 aliphatic carbocycles. The summed E-state index contributed by atoms with van der Waals surface area (Å²) in [6.45, 7) is 2.42. The van der Waals surface area contributed by atoms with E-state index in [0.717, 1.165) is 28.6 Å². The second-order valence-corrected chi connectivity index (χ2v) is 7.31. The van der Waals surface area contributed by atoms with Crippen molar-refractivity contribution in [2.75, 3.05) is 20.3 Å². The lowest BCUT2D eigenvalue weighted by molar-refractivity contribution is 0.199. The average Bonchev–Trinajstić information content (AvgIpc) is 2.48. The molecule has 0 aromatic heterocycles. The molecule has 0 unspecified atom stereocenters. The van der Waals surface area contributed by atoms with Crippen molar-refractivity contribution < 1.29 is 4.74 Å². The van der Waals surface area contributed by atoms with E-state index < -0.39 is 0 Å². The molecule has 2 aromatic rings. The molecule has 0 radical (unpaired) electrons. The summed E-state index contributed by atoms with van der Waals surface area (Å²) in [7, 11) is 1.72. The zero-order chi connectivity index (χ0) is 15.1. The highest BCUT2D eigenvalue weighted by molar-refractivity contribution is 9.10. The number of halogens is 2. The molecular formula is C16H17Br2NOS. The molecule has 5 heteroatoms. The van der Waals surface area contributed by atoms with Crippen molar-refractivity contribution in [1.82, 2.24) is 5.32 Å². The molecule has 112 valence electrons. The molecule has 0 aliphatic rings. The van der Waals surface area contributed by atoms with Gasteiger partial charge in [-0.2, -0.15) is 0 Å². The lowest BCUT2D eigenvalue weighted by atomic mass is 10.2. The van der Waals surface area contributed by atoms with E-state index in [-0.39, 0.29) is 0 Å². The van der Waals surface area contributed by atoms with Gasteiger partial charge < -0.3 is 10.1 Å². The molecule has 0 atom stereocenters. The summed E-state index contributed by atoms with van der Waals surface area (Å²) in [6, 6.07) is 14.7. The molecule has 2 nitrogen and oxygen atoms in total. The van der Waals surface area contributed by atoms with Crippen LogP contribution in [0, 0.1) is 0 Å². The summed E-state index contributed by atoms with van der Waals surface area (Å²) >= 11 is 8.93. The number of hydrogen-bond acceptors (Lipinski definition) is 3. The van der Waals surface area contributed by atoms with Gasteiger partial charge in [0.25, 0.3) is 0 Å². The number of methoxy groups -OCH3 is 1. The monoisotopic (exact) mass is 429 g/mol. The summed E-state index contributed by atoms with van der Waals surface area (Å²) in [5, 5.41) is 3.40. The Bertz CT molecular complexity index is 592. The highest BCUT2D eigenvalue weighted by Crippen LogP contribution is 2.36. The van der Waals surface area contributed by atoms with E-state index in [1.807, 2.05) is 6.07 Å². The van der Waals surface area contributed by atoms with Crippen LogP contribution in [0.15, 0.2) is 61.2 Å². The zero-order valence-corrected chi connectivity index (χ0v) is 15.7. The van der Waals surface area contributed by atoms with Crippen LogP contribution in [0.1, 0.15) is 5.56 Å². The molecular weight excluding hydrogens is 414 g/mol. The van der Waals surface area contributed by atoms with Gasteiger partial charge >= 0.3 is 0 Å². The van der Waals surface area contributed by atoms with Gasteiger partial charge in [0.15, 0.2) is 0 Å². The molecule has 0 spiro atoms. The van der Waals surface area contributed by atoms with Crippen LogP contribution in [0.2, 0.25) is 0 Å². The third-order valence-electron chi connectivity index (χ3n) is 2.88. The van der Waals surface area contributed by atoms with E-state index >= 15 is 0 Å². The summed E-state index contributed by atoms with van der Waals surface area (Å²) in [4.78, 5) is 2.47. The van der Waals surface area contributed by atoms with Crippen LogP contribution in [0.4, 0.5) is 0 Å². The van der Waals surface area contributed by atoms with Crippen molar-refractivity contribution >= 4 is 43.6 Å². The van der Waals surface area contributed by atoms with Crippen molar-refractivity contribution in [2.24, 2.45) is 0 Å². The minimum absolute atomic E-state index is 0.725. The summed E-state index contributed by atoms with van der Waals surface area (Å²) < 4.78 is 7.27. The number of ether oxygens (including phenoxy) is 1. The minimum atomic E-state index is 0.725. The Hall–Kier alpha value is -0.330. The molecule has 21 heavy (non-hydrogen) atoms. The Kier molecular flexibility index (Phi) is 7.26. The van der Waals surface area contributed by atoms with E-state index in [2.05, 4.69) is 73.6 Å². The van der Waals surface area contributed by atoms with Crippen LogP contribution in [0.25, 0.3) is 0 Å². The first kappa shape index (κ1) is 17.0. The Labute approximate surface area is 146 Å². The first-order valence-electron chi connectivity index (χ1n) is 6.61. The third-order valence-corrected chi connectivity index (χ3v) is 5.51. The van der Waals surface area contributed by atoms with Crippen LogP contribution in [0.3, 0.4) is 0 Å². The van der Waals surface area contributed by atoms with Crippen LogP contribution in [-0.4, -0.2) is 20.3 Å². The fraction of sp³-hybridized carbons (Fsp3) is 0.250. The van der Waals surface area contributed by atoms with Crippen LogP contribution in [-0.2, 0) is 11.3 Å². The smallest absolute Gasteiger partial charge is 0.0587 e. The maximum atomic E-state index is 5.06. The molecule has 0 aliphatic heterocycles. The van der Waals surface area contributed by atoms with Crippen molar-refractivity contribution in [3.05, 3.63) is 57.0 Å². The fourth-order valence-electron chi connectivity index (χ4n) is 1.81. The molecule has 2 rings (SSSR count). The minimum Gasteiger partial charge on any atom is -0.383 e.